The Labute approximate surface area is 174 Å². The van der Waals surface area contributed by atoms with Crippen LogP contribution in [-0.2, 0) is 6.61 Å². The van der Waals surface area contributed by atoms with Crippen LogP contribution in [0.2, 0.25) is 0 Å². The molecular formula is C23H21N5O2. The van der Waals surface area contributed by atoms with Crippen molar-refractivity contribution in [3.8, 4) is 11.4 Å². The molecule has 7 heteroatoms. The predicted octanol–water partition coefficient (Wildman–Crippen LogP) is 4.11. The molecule has 1 amide bonds. The van der Waals surface area contributed by atoms with Crippen molar-refractivity contribution in [2.75, 3.05) is 5.32 Å². The third kappa shape index (κ3) is 4.52. The van der Waals surface area contributed by atoms with Crippen molar-refractivity contribution in [2.45, 2.75) is 20.5 Å². The van der Waals surface area contributed by atoms with E-state index in [4.69, 9.17) is 4.74 Å². The Balaban J connectivity index is 1.45. The van der Waals surface area contributed by atoms with Gasteiger partial charge in [0.25, 0.3) is 5.91 Å². The van der Waals surface area contributed by atoms with E-state index in [2.05, 4.69) is 26.9 Å². The third-order valence-corrected chi connectivity index (χ3v) is 4.56. The van der Waals surface area contributed by atoms with Gasteiger partial charge in [0.15, 0.2) is 5.82 Å². The lowest BCUT2D eigenvalue weighted by Gasteiger charge is -2.10. The van der Waals surface area contributed by atoms with Crippen molar-refractivity contribution in [1.29, 1.82) is 0 Å². The first-order valence-corrected chi connectivity index (χ1v) is 9.54. The van der Waals surface area contributed by atoms with Crippen LogP contribution in [0.25, 0.3) is 5.69 Å². The molecule has 0 fully saturated rings. The van der Waals surface area contributed by atoms with E-state index in [0.717, 1.165) is 11.3 Å². The fourth-order valence-corrected chi connectivity index (χ4v) is 3.08. The Morgan fingerprint density at radius 2 is 1.83 bits per heavy atom. The quantitative estimate of drug-likeness (QED) is 0.528. The molecular weight excluding hydrogens is 378 g/mol. The van der Waals surface area contributed by atoms with Crippen LogP contribution in [0, 0.1) is 13.8 Å². The monoisotopic (exact) mass is 399 g/mol. The van der Waals surface area contributed by atoms with Gasteiger partial charge in [0, 0.05) is 11.3 Å². The largest absolute Gasteiger partial charge is 0.489 e. The molecule has 1 aromatic heterocycles. The third-order valence-electron chi connectivity index (χ3n) is 4.56. The molecule has 4 rings (SSSR count). The van der Waals surface area contributed by atoms with E-state index in [1.807, 2.05) is 62.4 Å². The molecule has 4 aromatic rings. The lowest BCUT2D eigenvalue weighted by Crippen LogP contribution is -2.12. The van der Waals surface area contributed by atoms with Gasteiger partial charge in [-0.3, -0.25) is 4.79 Å². The normalized spacial score (nSPS) is 10.6. The molecule has 1 N–H and O–H groups in total. The zero-order valence-corrected chi connectivity index (χ0v) is 16.7. The molecule has 0 unspecified atom stereocenters. The van der Waals surface area contributed by atoms with E-state index >= 15 is 0 Å². The standard InChI is InChI=1S/C23H21N5O2/c1-16-6-3-7-18(12-16)15-30-22-11-4-8-19(13-22)23(29)24-20-9-5-10-21(14-20)28-17(2)25-26-27-28/h3-14H,15H2,1-2H3,(H,24,29). The fourth-order valence-electron chi connectivity index (χ4n) is 3.08. The molecule has 150 valence electrons. The minimum Gasteiger partial charge on any atom is -0.489 e. The summed E-state index contributed by atoms with van der Waals surface area (Å²) in [4.78, 5) is 12.7. The molecule has 0 saturated heterocycles. The number of hydrogen-bond acceptors (Lipinski definition) is 5. The average molecular weight is 399 g/mol. The minimum absolute atomic E-state index is 0.221. The summed E-state index contributed by atoms with van der Waals surface area (Å²) in [5.41, 5.74) is 4.20. The van der Waals surface area contributed by atoms with Crippen LogP contribution in [0.4, 0.5) is 5.69 Å². The molecule has 3 aromatic carbocycles. The van der Waals surface area contributed by atoms with E-state index in [-0.39, 0.29) is 5.91 Å². The molecule has 0 aliphatic carbocycles. The Kier molecular flexibility index (Phi) is 5.52. The van der Waals surface area contributed by atoms with Crippen LogP contribution in [-0.4, -0.2) is 26.1 Å². The predicted molar refractivity (Wildman–Crippen MR) is 114 cm³/mol. The van der Waals surface area contributed by atoms with Gasteiger partial charge in [-0.1, -0.05) is 42.0 Å². The number of aryl methyl sites for hydroxylation is 2. The molecule has 0 bridgehead atoms. The number of nitrogens with one attached hydrogen (secondary N) is 1. The second kappa shape index (κ2) is 8.57. The number of amides is 1. The first-order chi connectivity index (χ1) is 14.6. The van der Waals surface area contributed by atoms with Gasteiger partial charge < -0.3 is 10.1 Å². The number of benzene rings is 3. The van der Waals surface area contributed by atoms with E-state index < -0.39 is 0 Å². The molecule has 30 heavy (non-hydrogen) atoms. The highest BCUT2D eigenvalue weighted by molar-refractivity contribution is 6.04. The first kappa shape index (κ1) is 19.3. The number of carbonyl (C=O) groups excluding carboxylic acids is 1. The summed E-state index contributed by atoms with van der Waals surface area (Å²) in [5, 5.41) is 14.4. The summed E-state index contributed by atoms with van der Waals surface area (Å²) in [7, 11) is 0. The molecule has 0 aliphatic heterocycles. The van der Waals surface area contributed by atoms with Gasteiger partial charge in [-0.05, 0) is 66.2 Å². The Morgan fingerprint density at radius 3 is 2.63 bits per heavy atom. The Bertz CT molecular complexity index is 1190. The summed E-state index contributed by atoms with van der Waals surface area (Å²) < 4.78 is 7.47. The number of nitrogens with zero attached hydrogens (tertiary/aromatic N) is 4. The summed E-state index contributed by atoms with van der Waals surface area (Å²) in [5.74, 6) is 1.08. The molecule has 0 aliphatic rings. The molecule has 7 nitrogen and oxygen atoms in total. The second-order valence-corrected chi connectivity index (χ2v) is 6.95. The van der Waals surface area contributed by atoms with Crippen LogP contribution in [0.3, 0.4) is 0 Å². The molecule has 0 radical (unpaired) electrons. The van der Waals surface area contributed by atoms with Gasteiger partial charge in [-0.2, -0.15) is 4.68 Å². The average Bonchev–Trinajstić information content (AvgIpc) is 3.19. The van der Waals surface area contributed by atoms with E-state index in [1.54, 1.807) is 22.9 Å². The van der Waals surface area contributed by atoms with E-state index in [9.17, 15) is 4.79 Å². The minimum atomic E-state index is -0.221. The van der Waals surface area contributed by atoms with Crippen LogP contribution < -0.4 is 10.1 Å². The summed E-state index contributed by atoms with van der Waals surface area (Å²) >= 11 is 0. The summed E-state index contributed by atoms with van der Waals surface area (Å²) in [6.45, 7) is 4.30. The highest BCUT2D eigenvalue weighted by atomic mass is 16.5. The van der Waals surface area contributed by atoms with Gasteiger partial charge in [0.2, 0.25) is 0 Å². The lowest BCUT2D eigenvalue weighted by atomic mass is 10.1. The van der Waals surface area contributed by atoms with Gasteiger partial charge in [-0.25, -0.2) is 0 Å². The number of hydrogen-bond donors (Lipinski definition) is 1. The maximum Gasteiger partial charge on any atom is 0.255 e. The zero-order valence-electron chi connectivity index (χ0n) is 16.7. The van der Waals surface area contributed by atoms with Crippen molar-refractivity contribution in [3.05, 3.63) is 95.3 Å². The number of tetrazole rings is 1. The fraction of sp³-hybridized carbons (Fsp3) is 0.130. The van der Waals surface area contributed by atoms with Crippen molar-refractivity contribution in [3.63, 3.8) is 0 Å². The second-order valence-electron chi connectivity index (χ2n) is 6.95. The highest BCUT2D eigenvalue weighted by Gasteiger charge is 2.10. The van der Waals surface area contributed by atoms with E-state index in [0.29, 0.717) is 29.4 Å². The Morgan fingerprint density at radius 1 is 1.00 bits per heavy atom. The van der Waals surface area contributed by atoms with Gasteiger partial charge >= 0.3 is 0 Å². The number of anilines is 1. The van der Waals surface area contributed by atoms with Crippen molar-refractivity contribution in [2.24, 2.45) is 0 Å². The molecule has 0 spiro atoms. The van der Waals surface area contributed by atoms with Gasteiger partial charge in [0.05, 0.1) is 5.69 Å². The van der Waals surface area contributed by atoms with Crippen molar-refractivity contribution in [1.82, 2.24) is 20.2 Å². The van der Waals surface area contributed by atoms with Gasteiger partial charge in [-0.15, -0.1) is 5.10 Å². The zero-order chi connectivity index (χ0) is 20.9. The topological polar surface area (TPSA) is 81.9 Å². The molecule has 0 saturated carbocycles. The van der Waals surface area contributed by atoms with Crippen LogP contribution in [0.15, 0.2) is 72.8 Å². The Hall–Kier alpha value is -4.00. The van der Waals surface area contributed by atoms with Crippen molar-refractivity contribution >= 4 is 11.6 Å². The maximum absolute atomic E-state index is 12.7. The summed E-state index contributed by atoms with van der Waals surface area (Å²) in [6.07, 6.45) is 0. The van der Waals surface area contributed by atoms with E-state index in [1.165, 1.54) is 5.56 Å². The summed E-state index contributed by atoms with van der Waals surface area (Å²) in [6, 6.07) is 22.6. The maximum atomic E-state index is 12.7. The van der Waals surface area contributed by atoms with Gasteiger partial charge in [0.1, 0.15) is 12.4 Å². The van der Waals surface area contributed by atoms with Crippen LogP contribution >= 0.6 is 0 Å². The molecule has 1 heterocycles. The SMILES string of the molecule is Cc1cccc(COc2cccc(C(=O)Nc3cccc(-n4nnnc4C)c3)c2)c1. The van der Waals surface area contributed by atoms with Crippen LogP contribution in [0.5, 0.6) is 5.75 Å². The smallest absolute Gasteiger partial charge is 0.255 e. The molecule has 0 atom stereocenters. The number of ether oxygens (including phenoxy) is 1. The highest BCUT2D eigenvalue weighted by Crippen LogP contribution is 2.19. The van der Waals surface area contributed by atoms with Crippen molar-refractivity contribution < 1.29 is 9.53 Å². The number of rotatable bonds is 6. The lowest BCUT2D eigenvalue weighted by molar-refractivity contribution is 0.102. The van der Waals surface area contributed by atoms with Crippen LogP contribution in [0.1, 0.15) is 27.3 Å². The first-order valence-electron chi connectivity index (χ1n) is 9.54. The number of aromatic nitrogens is 4. The number of carbonyl (C=O) groups is 1.